The largest absolute Gasteiger partial charge is 0.372 e. The number of nitrogens with zero attached hydrogens (tertiary/aromatic N) is 3. The Bertz CT molecular complexity index is 648. The predicted octanol–water partition coefficient (Wildman–Crippen LogP) is 0.897. The molecule has 7 nitrogen and oxygen atoms in total. The Morgan fingerprint density at radius 3 is 2.71 bits per heavy atom. The van der Waals surface area contributed by atoms with Gasteiger partial charge in [0, 0.05) is 20.2 Å². The van der Waals surface area contributed by atoms with Gasteiger partial charge in [0.25, 0.3) is 11.2 Å². The molecule has 88 valence electrons. The first-order chi connectivity index (χ1) is 8.00. The van der Waals surface area contributed by atoms with Crippen molar-refractivity contribution in [3.8, 4) is 0 Å². The maximum atomic E-state index is 11.5. The molecule has 17 heavy (non-hydrogen) atoms. The van der Waals surface area contributed by atoms with Gasteiger partial charge in [0.05, 0.1) is 22.2 Å². The van der Waals surface area contributed by atoms with E-state index < -0.39 is 4.92 Å². The number of hydrogen-bond acceptors (Lipinski definition) is 5. The predicted molar refractivity (Wildman–Crippen MR) is 63.3 cm³/mol. The van der Waals surface area contributed by atoms with Crippen LogP contribution in [0.3, 0.4) is 0 Å². The summed E-state index contributed by atoms with van der Waals surface area (Å²) < 4.78 is 0. The molecule has 0 aliphatic carbocycles. The molecule has 0 radical (unpaired) electrons. The molecule has 1 heterocycles. The highest BCUT2D eigenvalue weighted by atomic mass is 16.6. The molecule has 2 aromatic rings. The Morgan fingerprint density at radius 2 is 2.12 bits per heavy atom. The van der Waals surface area contributed by atoms with Crippen molar-refractivity contribution in [2.24, 2.45) is 0 Å². The monoisotopic (exact) mass is 234 g/mol. The molecule has 0 spiro atoms. The first-order valence-corrected chi connectivity index (χ1v) is 4.84. The van der Waals surface area contributed by atoms with Crippen LogP contribution in [0.1, 0.15) is 0 Å². The quantitative estimate of drug-likeness (QED) is 0.615. The van der Waals surface area contributed by atoms with Crippen LogP contribution in [0.5, 0.6) is 0 Å². The second-order valence-corrected chi connectivity index (χ2v) is 3.74. The molecule has 0 saturated heterocycles. The lowest BCUT2D eigenvalue weighted by molar-refractivity contribution is -0.384. The van der Waals surface area contributed by atoms with Crippen LogP contribution in [0.4, 0.5) is 11.4 Å². The maximum Gasteiger partial charge on any atom is 0.293 e. The summed E-state index contributed by atoms with van der Waals surface area (Å²) in [6, 6.07) is 2.78. The van der Waals surface area contributed by atoms with Crippen LogP contribution in [-0.4, -0.2) is 29.0 Å². The van der Waals surface area contributed by atoms with E-state index in [4.69, 9.17) is 0 Å². The Morgan fingerprint density at radius 1 is 1.41 bits per heavy atom. The van der Waals surface area contributed by atoms with E-state index in [-0.39, 0.29) is 16.6 Å². The molecule has 0 amide bonds. The number of benzene rings is 1. The highest BCUT2D eigenvalue weighted by Crippen LogP contribution is 2.29. The molecule has 0 aliphatic heterocycles. The third kappa shape index (κ3) is 1.82. The second-order valence-electron chi connectivity index (χ2n) is 3.74. The van der Waals surface area contributed by atoms with Gasteiger partial charge in [-0.3, -0.25) is 14.9 Å². The van der Waals surface area contributed by atoms with Crippen molar-refractivity contribution in [3.05, 3.63) is 38.9 Å². The van der Waals surface area contributed by atoms with Crippen molar-refractivity contribution in [1.82, 2.24) is 9.97 Å². The van der Waals surface area contributed by atoms with Gasteiger partial charge in [0.15, 0.2) is 0 Å². The molecular weight excluding hydrogens is 224 g/mol. The van der Waals surface area contributed by atoms with Crippen molar-refractivity contribution in [1.29, 1.82) is 0 Å². The highest BCUT2D eigenvalue weighted by molar-refractivity contribution is 5.86. The number of hydrogen-bond donors (Lipinski definition) is 1. The van der Waals surface area contributed by atoms with Crippen LogP contribution in [0.25, 0.3) is 10.9 Å². The molecule has 0 fully saturated rings. The van der Waals surface area contributed by atoms with Crippen molar-refractivity contribution < 1.29 is 4.92 Å². The summed E-state index contributed by atoms with van der Waals surface area (Å²) in [5, 5.41) is 11.1. The molecule has 0 unspecified atom stereocenters. The van der Waals surface area contributed by atoms with Crippen LogP contribution < -0.4 is 10.5 Å². The fraction of sp³-hybridized carbons (Fsp3) is 0.200. The van der Waals surface area contributed by atoms with Crippen molar-refractivity contribution in [2.75, 3.05) is 19.0 Å². The highest BCUT2D eigenvalue weighted by Gasteiger charge is 2.18. The van der Waals surface area contributed by atoms with E-state index in [1.165, 1.54) is 18.5 Å². The third-order valence-electron chi connectivity index (χ3n) is 2.42. The Hall–Kier alpha value is -2.44. The fourth-order valence-electron chi connectivity index (χ4n) is 1.60. The van der Waals surface area contributed by atoms with Gasteiger partial charge in [-0.05, 0) is 6.07 Å². The van der Waals surface area contributed by atoms with Crippen LogP contribution in [0.2, 0.25) is 0 Å². The number of nitro benzene ring substituents is 1. The summed E-state index contributed by atoms with van der Waals surface area (Å²) in [5.74, 6) is 0. The van der Waals surface area contributed by atoms with Crippen LogP contribution in [0, 0.1) is 10.1 Å². The Balaban J connectivity index is 2.87. The molecule has 0 atom stereocenters. The van der Waals surface area contributed by atoms with Gasteiger partial charge >= 0.3 is 0 Å². The van der Waals surface area contributed by atoms with Crippen LogP contribution >= 0.6 is 0 Å². The standard InChI is InChI=1S/C10H10N4O3/c1-13(2)8-4-7-6(3-9(8)14(16)17)10(15)12-5-11-7/h3-5H,1-2H3,(H,11,12,15). The average Bonchev–Trinajstić information content (AvgIpc) is 2.27. The minimum atomic E-state index is -0.513. The number of anilines is 1. The number of rotatable bonds is 2. The van der Waals surface area contributed by atoms with Crippen LogP contribution in [0.15, 0.2) is 23.3 Å². The number of H-pyrrole nitrogens is 1. The number of nitro groups is 1. The van der Waals surface area contributed by atoms with Gasteiger partial charge in [0.1, 0.15) is 5.69 Å². The molecule has 7 heteroatoms. The van der Waals surface area contributed by atoms with E-state index in [0.29, 0.717) is 11.2 Å². The van der Waals surface area contributed by atoms with Gasteiger partial charge in [-0.1, -0.05) is 0 Å². The summed E-state index contributed by atoms with van der Waals surface area (Å²) in [4.78, 5) is 29.9. The molecule has 1 aromatic heterocycles. The average molecular weight is 234 g/mol. The van der Waals surface area contributed by atoms with E-state index >= 15 is 0 Å². The molecule has 2 rings (SSSR count). The summed E-state index contributed by atoms with van der Waals surface area (Å²) in [6.07, 6.45) is 1.27. The zero-order valence-corrected chi connectivity index (χ0v) is 9.30. The van der Waals surface area contributed by atoms with Gasteiger partial charge in [-0.2, -0.15) is 0 Å². The lowest BCUT2D eigenvalue weighted by Crippen LogP contribution is -2.13. The summed E-state index contributed by atoms with van der Waals surface area (Å²) in [7, 11) is 3.39. The number of fused-ring (bicyclic) bond motifs is 1. The first-order valence-electron chi connectivity index (χ1n) is 4.84. The van der Waals surface area contributed by atoms with Crippen molar-refractivity contribution >= 4 is 22.3 Å². The van der Waals surface area contributed by atoms with Crippen molar-refractivity contribution in [3.63, 3.8) is 0 Å². The molecule has 1 N–H and O–H groups in total. The van der Waals surface area contributed by atoms with Gasteiger partial charge in [0.2, 0.25) is 0 Å². The lowest BCUT2D eigenvalue weighted by atomic mass is 10.2. The van der Waals surface area contributed by atoms with Gasteiger partial charge < -0.3 is 9.88 Å². The minimum Gasteiger partial charge on any atom is -0.372 e. The van der Waals surface area contributed by atoms with Gasteiger partial charge in [-0.25, -0.2) is 4.98 Å². The Kier molecular flexibility index (Phi) is 2.51. The van der Waals surface area contributed by atoms with Gasteiger partial charge in [-0.15, -0.1) is 0 Å². The van der Waals surface area contributed by atoms with E-state index in [1.807, 2.05) is 0 Å². The zero-order valence-electron chi connectivity index (χ0n) is 9.30. The van der Waals surface area contributed by atoms with E-state index in [9.17, 15) is 14.9 Å². The SMILES string of the molecule is CN(C)c1cc2nc[nH]c(=O)c2cc1[N+](=O)[O-]. The second kappa shape index (κ2) is 3.85. The topological polar surface area (TPSA) is 92.1 Å². The van der Waals surface area contributed by atoms with E-state index in [2.05, 4.69) is 9.97 Å². The molecular formula is C10H10N4O3. The molecule has 0 aliphatic rings. The number of aromatic nitrogens is 2. The van der Waals surface area contributed by atoms with E-state index in [1.54, 1.807) is 19.0 Å². The zero-order chi connectivity index (χ0) is 12.6. The smallest absolute Gasteiger partial charge is 0.293 e. The number of aromatic amines is 1. The van der Waals surface area contributed by atoms with Crippen LogP contribution in [-0.2, 0) is 0 Å². The summed E-state index contributed by atoms with van der Waals surface area (Å²) >= 11 is 0. The molecule has 0 bridgehead atoms. The first kappa shape index (κ1) is 11.1. The maximum absolute atomic E-state index is 11.5. The lowest BCUT2D eigenvalue weighted by Gasteiger charge is -2.12. The Labute approximate surface area is 95.9 Å². The van der Waals surface area contributed by atoms with E-state index in [0.717, 1.165) is 0 Å². The fourth-order valence-corrected chi connectivity index (χ4v) is 1.60. The molecule has 0 saturated carbocycles. The summed E-state index contributed by atoms with van der Waals surface area (Å²) in [6.45, 7) is 0. The minimum absolute atomic E-state index is 0.110. The van der Waals surface area contributed by atoms with Crippen molar-refractivity contribution in [2.45, 2.75) is 0 Å². The molecule has 1 aromatic carbocycles. The number of nitrogens with one attached hydrogen (secondary N) is 1. The summed E-state index contributed by atoms with van der Waals surface area (Å²) in [5.41, 5.74) is 0.355. The normalized spacial score (nSPS) is 10.5. The third-order valence-corrected chi connectivity index (χ3v) is 2.42.